The van der Waals surface area contributed by atoms with Crippen LogP contribution in [0.1, 0.15) is 12.8 Å². The van der Waals surface area contributed by atoms with Gasteiger partial charge in [0.15, 0.2) is 0 Å². The normalized spacial score (nSPS) is 11.8. The van der Waals surface area contributed by atoms with E-state index in [0.717, 1.165) is 36.7 Å². The molecule has 0 radical (unpaired) electrons. The molecule has 0 unspecified atom stereocenters. The molecule has 0 bridgehead atoms. The Morgan fingerprint density at radius 2 is 1.08 bits per heavy atom. The fourth-order valence-corrected chi connectivity index (χ4v) is 9.03. The van der Waals surface area contributed by atoms with E-state index in [1.54, 1.807) is 0 Å². The van der Waals surface area contributed by atoms with E-state index in [-0.39, 0.29) is 0 Å². The molecule has 3 rings (SSSR count). The summed E-state index contributed by atoms with van der Waals surface area (Å²) in [6, 6.07) is 32.9. The van der Waals surface area contributed by atoms with Crippen molar-refractivity contribution < 1.29 is 0 Å². The van der Waals surface area contributed by atoms with Crippen LogP contribution in [-0.2, 0) is 0 Å². The standard InChI is InChI=1S/C22H24NOPS/c24-23-26-19-11-10-18-25(20-12-4-1-5-13-20,21-14-6-2-7-15-21)22-16-8-3-9-17-22/h1-9,12-17,25H,10-11,18-19H2. The zero-order valence-electron chi connectivity index (χ0n) is 14.8. The summed E-state index contributed by atoms with van der Waals surface area (Å²) in [5, 5.41) is 4.33. The minimum atomic E-state index is -2.10. The second-order valence-electron chi connectivity index (χ2n) is 6.37. The van der Waals surface area contributed by atoms with Gasteiger partial charge in [0.1, 0.15) is 0 Å². The quantitative estimate of drug-likeness (QED) is 0.228. The van der Waals surface area contributed by atoms with E-state index >= 15 is 0 Å². The summed E-state index contributed by atoms with van der Waals surface area (Å²) in [6.45, 7) is 0. The monoisotopic (exact) mass is 381 g/mol. The first-order chi connectivity index (χ1) is 12.9. The Morgan fingerprint density at radius 1 is 0.654 bits per heavy atom. The first-order valence-electron chi connectivity index (χ1n) is 8.99. The maximum atomic E-state index is 10.4. The first-order valence-corrected chi connectivity index (χ1v) is 12.1. The number of nitroso groups, excluding NO2 is 1. The predicted octanol–water partition coefficient (Wildman–Crippen LogP) is 4.91. The third-order valence-corrected chi connectivity index (χ3v) is 10.5. The van der Waals surface area contributed by atoms with Gasteiger partial charge < -0.3 is 0 Å². The van der Waals surface area contributed by atoms with Crippen LogP contribution < -0.4 is 15.9 Å². The molecule has 0 amide bonds. The van der Waals surface area contributed by atoms with Crippen LogP contribution in [0.2, 0.25) is 0 Å². The first kappa shape index (κ1) is 18.8. The summed E-state index contributed by atoms with van der Waals surface area (Å²) in [5.74, 6) is 0.798. The fourth-order valence-electron chi connectivity index (χ4n) is 3.70. The van der Waals surface area contributed by atoms with Gasteiger partial charge in [-0.3, -0.25) is 0 Å². The third kappa shape index (κ3) is 4.23. The molecule has 0 aliphatic heterocycles. The average molecular weight is 381 g/mol. The van der Waals surface area contributed by atoms with E-state index in [1.165, 1.54) is 15.9 Å². The van der Waals surface area contributed by atoms with E-state index < -0.39 is 7.26 Å². The van der Waals surface area contributed by atoms with Crippen LogP contribution in [-0.4, -0.2) is 11.9 Å². The zero-order chi connectivity index (χ0) is 18.1. The van der Waals surface area contributed by atoms with Crippen LogP contribution >= 0.6 is 19.2 Å². The molecule has 0 aromatic heterocycles. The van der Waals surface area contributed by atoms with E-state index in [4.69, 9.17) is 0 Å². The molecule has 26 heavy (non-hydrogen) atoms. The maximum absolute atomic E-state index is 10.4. The zero-order valence-corrected chi connectivity index (χ0v) is 16.6. The van der Waals surface area contributed by atoms with Crippen LogP contribution in [0.25, 0.3) is 0 Å². The van der Waals surface area contributed by atoms with E-state index in [9.17, 15) is 4.91 Å². The summed E-state index contributed by atoms with van der Waals surface area (Å²) < 4.78 is 2.92. The van der Waals surface area contributed by atoms with Gasteiger partial charge in [0, 0.05) is 0 Å². The summed E-state index contributed by atoms with van der Waals surface area (Å²) in [4.78, 5) is 10.4. The molecule has 4 heteroatoms. The van der Waals surface area contributed by atoms with Gasteiger partial charge in [0.25, 0.3) is 0 Å². The third-order valence-electron chi connectivity index (χ3n) is 4.89. The molecule has 0 saturated carbocycles. The number of rotatable bonds is 9. The van der Waals surface area contributed by atoms with Gasteiger partial charge in [0.05, 0.1) is 0 Å². The van der Waals surface area contributed by atoms with Crippen molar-refractivity contribution in [3.8, 4) is 0 Å². The van der Waals surface area contributed by atoms with Crippen molar-refractivity contribution in [3.05, 3.63) is 95.9 Å². The van der Waals surface area contributed by atoms with Crippen LogP contribution in [0.5, 0.6) is 0 Å². The van der Waals surface area contributed by atoms with Crippen LogP contribution in [0.4, 0.5) is 0 Å². The van der Waals surface area contributed by atoms with Gasteiger partial charge in [-0.2, -0.15) is 0 Å². The number of hydrogen-bond acceptors (Lipinski definition) is 3. The molecule has 3 aromatic carbocycles. The SMILES string of the molecule is O=NSCCCC[PH](c1ccccc1)(c1ccccc1)c1ccccc1. The van der Waals surface area contributed by atoms with Gasteiger partial charge in [-0.1, -0.05) is 0 Å². The summed E-state index contributed by atoms with van der Waals surface area (Å²) >= 11 is 1.13. The second-order valence-corrected chi connectivity index (χ2v) is 11.2. The minimum absolute atomic E-state index is 0.798. The van der Waals surface area contributed by atoms with E-state index in [0.29, 0.717) is 0 Å². The molecular weight excluding hydrogens is 357 g/mol. The van der Waals surface area contributed by atoms with Gasteiger partial charge >= 0.3 is 160 Å². The molecule has 0 aliphatic rings. The van der Waals surface area contributed by atoms with Crippen molar-refractivity contribution in [3.63, 3.8) is 0 Å². The van der Waals surface area contributed by atoms with Crippen molar-refractivity contribution in [2.75, 3.05) is 11.9 Å². The van der Waals surface area contributed by atoms with E-state index in [1.807, 2.05) is 0 Å². The molecule has 3 aromatic rings. The molecule has 2 nitrogen and oxygen atoms in total. The Balaban J connectivity index is 2.07. The number of benzene rings is 3. The fraction of sp³-hybridized carbons (Fsp3) is 0.182. The molecule has 134 valence electrons. The second kappa shape index (κ2) is 9.66. The number of hydrogen-bond donors (Lipinski definition) is 0. The molecule has 0 heterocycles. The molecule has 0 fully saturated rings. The van der Waals surface area contributed by atoms with Crippen molar-refractivity contribution in [2.24, 2.45) is 4.58 Å². The Hall–Kier alpha value is -1.96. The summed E-state index contributed by atoms with van der Waals surface area (Å²) in [6.07, 6.45) is 3.23. The van der Waals surface area contributed by atoms with Crippen LogP contribution in [0.3, 0.4) is 0 Å². The van der Waals surface area contributed by atoms with Crippen molar-refractivity contribution in [2.45, 2.75) is 12.8 Å². The molecule has 0 aliphatic carbocycles. The Bertz CT molecular complexity index is 699. The number of nitrogens with zero attached hydrogens (tertiary/aromatic N) is 1. The molecular formula is C22H24NOPS. The molecule has 0 spiro atoms. The Labute approximate surface area is 160 Å². The molecule has 0 atom stereocenters. The topological polar surface area (TPSA) is 29.4 Å². The van der Waals surface area contributed by atoms with E-state index in [2.05, 4.69) is 95.6 Å². The van der Waals surface area contributed by atoms with Gasteiger partial charge in [-0.05, 0) is 0 Å². The van der Waals surface area contributed by atoms with Crippen molar-refractivity contribution >= 4 is 35.1 Å². The predicted molar refractivity (Wildman–Crippen MR) is 119 cm³/mol. The summed E-state index contributed by atoms with van der Waals surface area (Å²) in [7, 11) is -2.10. The van der Waals surface area contributed by atoms with Gasteiger partial charge in [0.2, 0.25) is 0 Å². The van der Waals surface area contributed by atoms with Crippen LogP contribution in [0.15, 0.2) is 95.6 Å². The van der Waals surface area contributed by atoms with Crippen molar-refractivity contribution in [1.29, 1.82) is 0 Å². The Kier molecular flexibility index (Phi) is 6.99. The molecule has 0 saturated heterocycles. The molecule has 0 N–H and O–H groups in total. The average Bonchev–Trinajstić information content (AvgIpc) is 2.73. The van der Waals surface area contributed by atoms with Crippen molar-refractivity contribution in [1.82, 2.24) is 0 Å². The van der Waals surface area contributed by atoms with Gasteiger partial charge in [-0.15, -0.1) is 0 Å². The number of unbranched alkanes of at least 4 members (excludes halogenated alkanes) is 1. The van der Waals surface area contributed by atoms with Crippen LogP contribution in [0, 0.1) is 4.91 Å². The Morgan fingerprint density at radius 3 is 1.46 bits per heavy atom. The van der Waals surface area contributed by atoms with Gasteiger partial charge in [-0.25, -0.2) is 0 Å². The summed E-state index contributed by atoms with van der Waals surface area (Å²) in [5.41, 5.74) is 0.